The highest BCUT2D eigenvalue weighted by Gasteiger charge is 2.18. The van der Waals surface area contributed by atoms with Crippen LogP contribution >= 0.6 is 0 Å². The molecule has 0 amide bonds. The quantitative estimate of drug-likeness (QED) is 0.644. The third-order valence-electron chi connectivity index (χ3n) is 2.39. The van der Waals surface area contributed by atoms with E-state index >= 15 is 0 Å². The van der Waals surface area contributed by atoms with E-state index in [0.717, 1.165) is 13.0 Å². The molecule has 1 saturated heterocycles. The van der Waals surface area contributed by atoms with Crippen molar-refractivity contribution in [3.63, 3.8) is 0 Å². The largest absolute Gasteiger partial charge is 0.396 e. The van der Waals surface area contributed by atoms with Crippen molar-refractivity contribution >= 4 is 0 Å². The lowest BCUT2D eigenvalue weighted by Crippen LogP contribution is -2.35. The van der Waals surface area contributed by atoms with Crippen LogP contribution in [0.1, 0.15) is 25.7 Å². The second-order valence-corrected chi connectivity index (χ2v) is 3.23. The molecule has 1 rings (SSSR count). The van der Waals surface area contributed by atoms with Crippen molar-refractivity contribution in [3.05, 3.63) is 18.5 Å². The molecule has 0 saturated carbocycles. The van der Waals surface area contributed by atoms with E-state index in [-0.39, 0.29) is 6.61 Å². The fourth-order valence-electron chi connectivity index (χ4n) is 1.77. The third kappa shape index (κ3) is 2.40. The second kappa shape index (κ2) is 5.02. The van der Waals surface area contributed by atoms with Gasteiger partial charge in [-0.2, -0.15) is 0 Å². The van der Waals surface area contributed by atoms with Gasteiger partial charge in [0.1, 0.15) is 0 Å². The molecule has 68 valence electrons. The molecule has 1 unspecified atom stereocenters. The Balaban J connectivity index is 2.47. The first-order chi connectivity index (χ1) is 5.88. The number of aliphatic hydroxyl groups is 1. The first kappa shape index (κ1) is 9.37. The van der Waals surface area contributed by atoms with Crippen molar-refractivity contribution in [1.82, 2.24) is 4.90 Å². The van der Waals surface area contributed by atoms with Crippen LogP contribution in [0.15, 0.2) is 18.5 Å². The van der Waals surface area contributed by atoms with Crippen LogP contribution in [0, 0.1) is 0 Å². The molecule has 1 aliphatic rings. The van der Waals surface area contributed by atoms with Crippen molar-refractivity contribution in [2.45, 2.75) is 31.7 Å². The van der Waals surface area contributed by atoms with Crippen molar-refractivity contribution in [2.75, 3.05) is 13.2 Å². The Bertz CT molecular complexity index is 171. The van der Waals surface area contributed by atoms with Gasteiger partial charge in [-0.3, -0.25) is 0 Å². The minimum atomic E-state index is 0.284. The predicted octanol–water partition coefficient (Wildman–Crippen LogP) is 1.52. The van der Waals surface area contributed by atoms with Crippen LogP contribution in [0.3, 0.4) is 0 Å². The molecule has 1 heterocycles. The normalized spacial score (nSPS) is 23.4. The average Bonchev–Trinajstić information content (AvgIpc) is 2.09. The molecule has 12 heavy (non-hydrogen) atoms. The van der Waals surface area contributed by atoms with Gasteiger partial charge in [0.05, 0.1) is 0 Å². The van der Waals surface area contributed by atoms with Gasteiger partial charge in [0, 0.05) is 25.4 Å². The van der Waals surface area contributed by atoms with Gasteiger partial charge in [-0.1, -0.05) is 6.58 Å². The summed E-state index contributed by atoms with van der Waals surface area (Å²) in [5.74, 6) is 0. The summed E-state index contributed by atoms with van der Waals surface area (Å²) in [5.41, 5.74) is 2.80. The molecule has 1 atom stereocenters. The highest BCUT2D eigenvalue weighted by atomic mass is 16.3. The van der Waals surface area contributed by atoms with Crippen LogP contribution in [-0.4, -0.2) is 29.2 Å². The van der Waals surface area contributed by atoms with Crippen molar-refractivity contribution in [1.29, 1.82) is 0 Å². The van der Waals surface area contributed by atoms with E-state index in [0.29, 0.717) is 6.04 Å². The summed E-state index contributed by atoms with van der Waals surface area (Å²) >= 11 is 0. The topological polar surface area (TPSA) is 23.5 Å². The number of hydrogen-bond donors (Lipinski definition) is 1. The van der Waals surface area contributed by atoms with Crippen LogP contribution in [0.25, 0.3) is 0 Å². The number of likely N-dealkylation sites (tertiary alicyclic amines) is 1. The summed E-state index contributed by atoms with van der Waals surface area (Å²) < 4.78 is 0. The van der Waals surface area contributed by atoms with E-state index in [1.807, 2.05) is 6.20 Å². The van der Waals surface area contributed by atoms with Crippen LogP contribution in [0.2, 0.25) is 0 Å². The van der Waals surface area contributed by atoms with Crippen LogP contribution in [0.4, 0.5) is 0 Å². The zero-order valence-electron chi connectivity index (χ0n) is 7.50. The summed E-state index contributed by atoms with van der Waals surface area (Å²) in [5, 5.41) is 8.83. The summed E-state index contributed by atoms with van der Waals surface area (Å²) in [6.07, 6.45) is 6.52. The predicted molar refractivity (Wildman–Crippen MR) is 49.8 cm³/mol. The SMILES string of the molecule is C=C=CN1CCCCC1CCO. The minimum Gasteiger partial charge on any atom is -0.396 e. The minimum absolute atomic E-state index is 0.284. The molecule has 0 aromatic rings. The Labute approximate surface area is 74.2 Å². The Morgan fingerprint density at radius 3 is 3.08 bits per heavy atom. The molecule has 0 aromatic carbocycles. The van der Waals surface area contributed by atoms with Gasteiger partial charge in [0.15, 0.2) is 0 Å². The molecule has 0 bridgehead atoms. The molecule has 1 fully saturated rings. The second-order valence-electron chi connectivity index (χ2n) is 3.23. The molecule has 0 aliphatic carbocycles. The van der Waals surface area contributed by atoms with Crippen LogP contribution in [0.5, 0.6) is 0 Å². The number of aliphatic hydroxyl groups excluding tert-OH is 1. The summed E-state index contributed by atoms with van der Waals surface area (Å²) in [6.45, 7) is 4.94. The van der Waals surface area contributed by atoms with Gasteiger partial charge >= 0.3 is 0 Å². The zero-order valence-corrected chi connectivity index (χ0v) is 7.50. The number of rotatable bonds is 3. The van der Waals surface area contributed by atoms with Gasteiger partial charge in [-0.05, 0) is 25.7 Å². The lowest BCUT2D eigenvalue weighted by atomic mass is 10.0. The van der Waals surface area contributed by atoms with Crippen LogP contribution < -0.4 is 0 Å². The van der Waals surface area contributed by atoms with Gasteiger partial charge in [0.25, 0.3) is 0 Å². The molecule has 2 heteroatoms. The Morgan fingerprint density at radius 2 is 2.42 bits per heavy atom. The fourth-order valence-corrected chi connectivity index (χ4v) is 1.77. The van der Waals surface area contributed by atoms with E-state index in [4.69, 9.17) is 5.11 Å². The molecule has 1 aliphatic heterocycles. The zero-order chi connectivity index (χ0) is 8.81. The first-order valence-corrected chi connectivity index (χ1v) is 4.61. The maximum atomic E-state index is 8.83. The van der Waals surface area contributed by atoms with Gasteiger partial charge in [-0.25, -0.2) is 0 Å². The lowest BCUT2D eigenvalue weighted by Gasteiger charge is -2.33. The summed E-state index contributed by atoms with van der Waals surface area (Å²) in [7, 11) is 0. The van der Waals surface area contributed by atoms with Crippen molar-refractivity contribution in [3.8, 4) is 0 Å². The Hall–Kier alpha value is -0.720. The smallest absolute Gasteiger partial charge is 0.0450 e. The number of nitrogens with zero attached hydrogens (tertiary/aromatic N) is 1. The number of piperidine rings is 1. The van der Waals surface area contributed by atoms with E-state index < -0.39 is 0 Å². The van der Waals surface area contributed by atoms with Crippen molar-refractivity contribution in [2.24, 2.45) is 0 Å². The molecule has 0 aromatic heterocycles. The molecule has 1 N–H and O–H groups in total. The van der Waals surface area contributed by atoms with E-state index in [9.17, 15) is 0 Å². The highest BCUT2D eigenvalue weighted by molar-refractivity contribution is 4.86. The van der Waals surface area contributed by atoms with Crippen LogP contribution in [-0.2, 0) is 0 Å². The standard InChI is InChI=1S/C10H17NO/c1-2-7-11-8-4-3-5-10(11)6-9-12/h7,10,12H,1,3-6,8-9H2. The van der Waals surface area contributed by atoms with Crippen molar-refractivity contribution < 1.29 is 5.11 Å². The Kier molecular flexibility index (Phi) is 3.92. The highest BCUT2D eigenvalue weighted by Crippen LogP contribution is 2.19. The lowest BCUT2D eigenvalue weighted by molar-refractivity contribution is 0.166. The molecule has 0 spiro atoms. The molecule has 0 radical (unpaired) electrons. The maximum Gasteiger partial charge on any atom is 0.0450 e. The fraction of sp³-hybridized carbons (Fsp3) is 0.700. The molecular weight excluding hydrogens is 150 g/mol. The molecule has 2 nitrogen and oxygen atoms in total. The molecular formula is C10H17NO. The monoisotopic (exact) mass is 167 g/mol. The maximum absolute atomic E-state index is 8.83. The van der Waals surface area contributed by atoms with E-state index in [1.54, 1.807) is 0 Å². The van der Waals surface area contributed by atoms with Gasteiger partial charge in [0.2, 0.25) is 0 Å². The average molecular weight is 167 g/mol. The summed E-state index contributed by atoms with van der Waals surface area (Å²) in [4.78, 5) is 2.24. The summed E-state index contributed by atoms with van der Waals surface area (Å²) in [6, 6.07) is 0.512. The Morgan fingerprint density at radius 1 is 1.58 bits per heavy atom. The van der Waals surface area contributed by atoms with E-state index in [2.05, 4.69) is 17.2 Å². The van der Waals surface area contributed by atoms with Gasteiger partial charge in [-0.15, -0.1) is 5.73 Å². The number of hydrogen-bond acceptors (Lipinski definition) is 2. The van der Waals surface area contributed by atoms with E-state index in [1.165, 1.54) is 19.3 Å². The first-order valence-electron chi connectivity index (χ1n) is 4.61. The third-order valence-corrected chi connectivity index (χ3v) is 2.39. The van der Waals surface area contributed by atoms with Gasteiger partial charge < -0.3 is 10.0 Å².